The van der Waals surface area contributed by atoms with Crippen LogP contribution >= 0.6 is 0 Å². The highest BCUT2D eigenvalue weighted by Crippen LogP contribution is 2.44. The lowest BCUT2D eigenvalue weighted by Gasteiger charge is -2.43. The van der Waals surface area contributed by atoms with Crippen LogP contribution in [-0.2, 0) is 19.8 Å². The maximum atomic E-state index is 12.4. The number of likely N-dealkylation sites (tertiary alicyclic amines) is 1. The number of aryl methyl sites for hydroxylation is 2. The van der Waals surface area contributed by atoms with Crippen LogP contribution in [0.15, 0.2) is 36.4 Å². The molecule has 0 N–H and O–H groups in total. The van der Waals surface area contributed by atoms with E-state index in [4.69, 9.17) is 9.47 Å². The normalized spacial score (nSPS) is 15.6. The molecule has 2 aromatic carbocycles. The van der Waals surface area contributed by atoms with Gasteiger partial charge in [-0.3, -0.25) is 14.4 Å². The first-order valence-corrected chi connectivity index (χ1v) is 13.8. The number of hydrogen-bond donors (Lipinski definition) is 0. The van der Waals surface area contributed by atoms with Crippen LogP contribution in [0.3, 0.4) is 0 Å². The van der Waals surface area contributed by atoms with E-state index < -0.39 is 10.8 Å². The molecular weight excluding hydrogens is 490 g/mol. The van der Waals surface area contributed by atoms with Crippen molar-refractivity contribution in [1.82, 2.24) is 4.90 Å². The van der Waals surface area contributed by atoms with Gasteiger partial charge < -0.3 is 14.4 Å². The molecule has 212 valence electrons. The molecule has 3 rings (SSSR count). The van der Waals surface area contributed by atoms with Crippen molar-refractivity contribution in [3.8, 4) is 11.5 Å². The van der Waals surface area contributed by atoms with E-state index in [-0.39, 0.29) is 29.5 Å². The molecule has 0 radical (unpaired) electrons. The SMILES string of the molecule is CC(=O)N1CCC(c2ccc(OCC(=O)C(C)(C)C)c(C)c2)(c2ccc(OCC(C)(C)C(C)=O)c(C)c2)CC1. The summed E-state index contributed by atoms with van der Waals surface area (Å²) < 4.78 is 12.0. The molecule has 0 spiro atoms. The molecule has 1 fully saturated rings. The average molecular weight is 536 g/mol. The highest BCUT2D eigenvalue weighted by Gasteiger charge is 2.39. The van der Waals surface area contributed by atoms with Gasteiger partial charge in [-0.15, -0.1) is 0 Å². The van der Waals surface area contributed by atoms with Crippen LogP contribution in [0, 0.1) is 24.7 Å². The fourth-order valence-electron chi connectivity index (χ4n) is 4.89. The van der Waals surface area contributed by atoms with Gasteiger partial charge in [-0.2, -0.15) is 0 Å². The van der Waals surface area contributed by atoms with Gasteiger partial charge in [0.25, 0.3) is 0 Å². The van der Waals surface area contributed by atoms with E-state index in [9.17, 15) is 14.4 Å². The Kier molecular flexibility index (Phi) is 8.99. The quantitative estimate of drug-likeness (QED) is 0.381. The minimum Gasteiger partial charge on any atom is -0.492 e. The van der Waals surface area contributed by atoms with Crippen molar-refractivity contribution in [3.63, 3.8) is 0 Å². The molecule has 6 heteroatoms. The molecule has 1 amide bonds. The van der Waals surface area contributed by atoms with Gasteiger partial charge in [-0.1, -0.05) is 45.0 Å². The van der Waals surface area contributed by atoms with Gasteiger partial charge in [0.15, 0.2) is 5.78 Å². The fourth-order valence-corrected chi connectivity index (χ4v) is 4.89. The maximum absolute atomic E-state index is 12.4. The van der Waals surface area contributed by atoms with Crippen LogP contribution in [0.1, 0.15) is 83.6 Å². The number of carbonyl (C=O) groups is 3. The number of ketones is 2. The van der Waals surface area contributed by atoms with Crippen molar-refractivity contribution < 1.29 is 23.9 Å². The number of Topliss-reactive ketones (excluding diaryl/α,β-unsaturated/α-hetero) is 2. The predicted molar refractivity (Wildman–Crippen MR) is 155 cm³/mol. The topological polar surface area (TPSA) is 72.9 Å². The smallest absolute Gasteiger partial charge is 0.219 e. The van der Waals surface area contributed by atoms with E-state index in [0.29, 0.717) is 25.4 Å². The van der Waals surface area contributed by atoms with Crippen molar-refractivity contribution in [2.75, 3.05) is 26.3 Å². The van der Waals surface area contributed by atoms with Gasteiger partial charge in [0, 0.05) is 30.8 Å². The molecule has 1 aliphatic rings. The number of ether oxygens (including phenoxy) is 2. The summed E-state index contributed by atoms with van der Waals surface area (Å²) in [7, 11) is 0. The Bertz CT molecular complexity index is 1230. The summed E-state index contributed by atoms with van der Waals surface area (Å²) in [6, 6.07) is 12.5. The first kappa shape index (κ1) is 30.4. The highest BCUT2D eigenvalue weighted by atomic mass is 16.5. The van der Waals surface area contributed by atoms with Gasteiger partial charge in [-0.05, 0) is 81.8 Å². The Morgan fingerprint density at radius 1 is 0.821 bits per heavy atom. The minimum absolute atomic E-state index is 0.0451. The van der Waals surface area contributed by atoms with E-state index in [2.05, 4.69) is 24.3 Å². The molecule has 2 aromatic rings. The second-order valence-electron chi connectivity index (χ2n) is 12.7. The first-order chi connectivity index (χ1) is 18.1. The maximum Gasteiger partial charge on any atom is 0.219 e. The standard InChI is InChI=1S/C33H45NO5/c1-22-18-26(10-12-28(22)38-20-30(37)31(5,6)7)33(14-16-34(17-15-33)25(4)36)27-11-13-29(23(2)19-27)39-21-32(8,9)24(3)35/h10-13,18-19H,14-17,20-21H2,1-9H3. The number of benzene rings is 2. The Hall–Kier alpha value is -3.15. The van der Waals surface area contributed by atoms with E-state index in [1.165, 1.54) is 11.1 Å². The van der Waals surface area contributed by atoms with Crippen LogP contribution in [0.25, 0.3) is 0 Å². The molecule has 0 aromatic heterocycles. The highest BCUT2D eigenvalue weighted by molar-refractivity contribution is 5.85. The van der Waals surface area contributed by atoms with E-state index >= 15 is 0 Å². The van der Waals surface area contributed by atoms with Crippen LogP contribution < -0.4 is 9.47 Å². The number of carbonyl (C=O) groups excluding carboxylic acids is 3. The lowest BCUT2D eigenvalue weighted by Crippen LogP contribution is -2.45. The van der Waals surface area contributed by atoms with Crippen LogP contribution in [0.4, 0.5) is 0 Å². The summed E-state index contributed by atoms with van der Waals surface area (Å²) in [6.45, 7) is 18.5. The first-order valence-electron chi connectivity index (χ1n) is 13.8. The van der Waals surface area contributed by atoms with Crippen LogP contribution in [0.2, 0.25) is 0 Å². The van der Waals surface area contributed by atoms with E-state index in [1.807, 2.05) is 65.5 Å². The van der Waals surface area contributed by atoms with Crippen molar-refractivity contribution in [2.24, 2.45) is 10.8 Å². The second kappa shape index (κ2) is 11.5. The largest absolute Gasteiger partial charge is 0.492 e. The third-order valence-electron chi connectivity index (χ3n) is 8.25. The summed E-state index contributed by atoms with van der Waals surface area (Å²) in [5.74, 6) is 1.73. The molecule has 0 atom stereocenters. The summed E-state index contributed by atoms with van der Waals surface area (Å²) in [4.78, 5) is 38.4. The number of piperidine rings is 1. The predicted octanol–water partition coefficient (Wildman–Crippen LogP) is 6.22. The third kappa shape index (κ3) is 6.90. The molecule has 1 aliphatic heterocycles. The molecule has 0 bridgehead atoms. The van der Waals surface area contributed by atoms with Gasteiger partial charge in [-0.25, -0.2) is 0 Å². The monoisotopic (exact) mass is 535 g/mol. The van der Waals surface area contributed by atoms with Gasteiger partial charge in [0.1, 0.15) is 30.5 Å². The summed E-state index contributed by atoms with van der Waals surface area (Å²) in [5.41, 5.74) is 3.06. The van der Waals surface area contributed by atoms with Crippen molar-refractivity contribution in [1.29, 1.82) is 0 Å². The zero-order valence-electron chi connectivity index (χ0n) is 25.2. The molecule has 39 heavy (non-hydrogen) atoms. The summed E-state index contributed by atoms with van der Waals surface area (Å²) >= 11 is 0. The fraction of sp³-hybridized carbons (Fsp3) is 0.545. The molecule has 1 saturated heterocycles. The van der Waals surface area contributed by atoms with Crippen LogP contribution in [0.5, 0.6) is 11.5 Å². The minimum atomic E-state index is -0.551. The summed E-state index contributed by atoms with van der Waals surface area (Å²) in [6.07, 6.45) is 1.59. The zero-order chi connectivity index (χ0) is 29.2. The zero-order valence-corrected chi connectivity index (χ0v) is 25.2. The van der Waals surface area contributed by atoms with E-state index in [1.54, 1.807) is 13.8 Å². The molecular formula is C33H45NO5. The van der Waals surface area contributed by atoms with Gasteiger partial charge >= 0.3 is 0 Å². The number of amides is 1. The third-order valence-corrected chi connectivity index (χ3v) is 8.25. The molecule has 0 aliphatic carbocycles. The lowest BCUT2D eigenvalue weighted by molar-refractivity contribution is -0.130. The second-order valence-corrected chi connectivity index (χ2v) is 12.7. The Morgan fingerprint density at radius 3 is 1.72 bits per heavy atom. The molecule has 1 heterocycles. The Labute approximate surface area is 234 Å². The average Bonchev–Trinajstić information content (AvgIpc) is 2.86. The molecule has 0 unspecified atom stereocenters. The van der Waals surface area contributed by atoms with Gasteiger partial charge in [0.05, 0.1) is 5.41 Å². The molecule has 0 saturated carbocycles. The lowest BCUT2D eigenvalue weighted by atomic mass is 9.67. The van der Waals surface area contributed by atoms with Crippen molar-refractivity contribution in [2.45, 2.75) is 80.6 Å². The van der Waals surface area contributed by atoms with Crippen molar-refractivity contribution in [3.05, 3.63) is 58.7 Å². The van der Waals surface area contributed by atoms with Crippen LogP contribution in [-0.4, -0.2) is 48.7 Å². The van der Waals surface area contributed by atoms with E-state index in [0.717, 1.165) is 29.7 Å². The Balaban J connectivity index is 1.94. The molecule has 6 nitrogen and oxygen atoms in total. The number of hydrogen-bond acceptors (Lipinski definition) is 5. The Morgan fingerprint density at radius 2 is 1.31 bits per heavy atom. The number of nitrogens with zero attached hydrogens (tertiary/aromatic N) is 1. The van der Waals surface area contributed by atoms with Gasteiger partial charge in [0.2, 0.25) is 5.91 Å². The van der Waals surface area contributed by atoms with Crippen molar-refractivity contribution >= 4 is 17.5 Å². The number of rotatable bonds is 9. The summed E-state index contributed by atoms with van der Waals surface area (Å²) in [5, 5.41) is 0.